The molecular weight excluding hydrogens is 344 g/mol. The number of hydrogen-bond acceptors (Lipinski definition) is 4. The molecule has 0 heterocycles. The molecule has 6 heteroatoms. The van der Waals surface area contributed by atoms with E-state index < -0.39 is 0 Å². The number of ether oxygens (including phenoxy) is 2. The molecule has 0 aromatic heterocycles. The van der Waals surface area contributed by atoms with Crippen LogP contribution in [0.1, 0.15) is 35.3 Å². The molecule has 2 rings (SSSR count). The average Bonchev–Trinajstić information content (AvgIpc) is 2.64. The van der Waals surface area contributed by atoms with E-state index in [4.69, 9.17) is 9.47 Å². The second-order valence-electron chi connectivity index (χ2n) is 6.06. The lowest BCUT2D eigenvalue weighted by Gasteiger charge is -2.12. The lowest BCUT2D eigenvalue weighted by molar-refractivity contribution is -0.115. The van der Waals surface area contributed by atoms with E-state index in [1.54, 1.807) is 18.2 Å². The van der Waals surface area contributed by atoms with Crippen molar-refractivity contribution >= 4 is 17.5 Å². The molecule has 2 N–H and O–H groups in total. The first-order valence-electron chi connectivity index (χ1n) is 8.99. The van der Waals surface area contributed by atoms with Crippen LogP contribution in [0.4, 0.5) is 5.69 Å². The van der Waals surface area contributed by atoms with Crippen molar-refractivity contribution in [3.8, 4) is 11.5 Å². The Morgan fingerprint density at radius 3 is 2.26 bits per heavy atom. The first-order valence-corrected chi connectivity index (χ1v) is 8.99. The summed E-state index contributed by atoms with van der Waals surface area (Å²) in [5.74, 6) is 0.451. The fraction of sp³-hybridized carbons (Fsp3) is 0.333. The van der Waals surface area contributed by atoms with Crippen molar-refractivity contribution in [3.05, 3.63) is 53.1 Å². The molecule has 6 nitrogen and oxygen atoms in total. The molecule has 0 radical (unpaired) electrons. The number of nitrogens with one attached hydrogen (secondary N) is 2. The lowest BCUT2D eigenvalue weighted by Crippen LogP contribution is -2.32. The maximum Gasteiger partial charge on any atom is 0.251 e. The number of carbonyl (C=O) groups is 2. The summed E-state index contributed by atoms with van der Waals surface area (Å²) in [7, 11) is 0. The third-order valence-electron chi connectivity index (χ3n) is 4.01. The Balaban J connectivity index is 1.97. The van der Waals surface area contributed by atoms with Crippen LogP contribution in [0.3, 0.4) is 0 Å². The highest BCUT2D eigenvalue weighted by molar-refractivity contribution is 5.99. The lowest BCUT2D eigenvalue weighted by atomic mass is 10.1. The van der Waals surface area contributed by atoms with Gasteiger partial charge in [0.15, 0.2) is 11.5 Å². The van der Waals surface area contributed by atoms with Gasteiger partial charge < -0.3 is 20.1 Å². The van der Waals surface area contributed by atoms with Gasteiger partial charge in [0.25, 0.3) is 5.91 Å². The van der Waals surface area contributed by atoms with Crippen LogP contribution < -0.4 is 20.1 Å². The van der Waals surface area contributed by atoms with Crippen LogP contribution in [0.25, 0.3) is 0 Å². The summed E-state index contributed by atoms with van der Waals surface area (Å²) in [6.45, 7) is 8.57. The number of aryl methyl sites for hydroxylation is 2. The monoisotopic (exact) mass is 370 g/mol. The highest BCUT2D eigenvalue weighted by atomic mass is 16.5. The van der Waals surface area contributed by atoms with Gasteiger partial charge in [-0.3, -0.25) is 9.59 Å². The van der Waals surface area contributed by atoms with E-state index in [0.29, 0.717) is 36.0 Å². The maximum atomic E-state index is 12.3. The maximum absolute atomic E-state index is 12.3. The topological polar surface area (TPSA) is 76.7 Å². The third kappa shape index (κ3) is 5.74. The summed E-state index contributed by atoms with van der Waals surface area (Å²) >= 11 is 0. The molecule has 0 unspecified atom stereocenters. The van der Waals surface area contributed by atoms with Gasteiger partial charge in [0.05, 0.1) is 19.8 Å². The van der Waals surface area contributed by atoms with Gasteiger partial charge in [0.1, 0.15) is 0 Å². The van der Waals surface area contributed by atoms with Crippen LogP contribution >= 0.6 is 0 Å². The molecule has 144 valence electrons. The van der Waals surface area contributed by atoms with Gasteiger partial charge >= 0.3 is 0 Å². The molecule has 2 amide bonds. The van der Waals surface area contributed by atoms with Crippen LogP contribution in [-0.4, -0.2) is 31.6 Å². The Morgan fingerprint density at radius 2 is 1.59 bits per heavy atom. The average molecular weight is 370 g/mol. The van der Waals surface area contributed by atoms with Crippen molar-refractivity contribution in [2.45, 2.75) is 27.7 Å². The number of carbonyl (C=O) groups excluding carboxylic acids is 2. The predicted octanol–water partition coefficient (Wildman–Crippen LogP) is 3.47. The smallest absolute Gasteiger partial charge is 0.251 e. The SMILES string of the molecule is CCOc1ccc(C(=O)NCC(=O)Nc2ccc(C)c(C)c2)cc1OCC. The van der Waals surface area contributed by atoms with Crippen LogP contribution in [0, 0.1) is 13.8 Å². The predicted molar refractivity (Wildman–Crippen MR) is 106 cm³/mol. The van der Waals surface area contributed by atoms with Crippen LogP contribution in [0.5, 0.6) is 11.5 Å². The van der Waals surface area contributed by atoms with Gasteiger partial charge in [-0.25, -0.2) is 0 Å². The molecule has 0 aliphatic heterocycles. The van der Waals surface area contributed by atoms with Crippen molar-refractivity contribution in [2.24, 2.45) is 0 Å². The summed E-state index contributed by atoms with van der Waals surface area (Å²) in [5.41, 5.74) is 3.36. The largest absolute Gasteiger partial charge is 0.490 e. The highest BCUT2D eigenvalue weighted by Gasteiger charge is 2.13. The first kappa shape index (κ1) is 20.3. The van der Waals surface area contributed by atoms with Crippen LogP contribution in [0.15, 0.2) is 36.4 Å². The zero-order valence-corrected chi connectivity index (χ0v) is 16.2. The molecule has 2 aromatic rings. The number of amides is 2. The van der Waals surface area contributed by atoms with Crippen LogP contribution in [0.2, 0.25) is 0 Å². The third-order valence-corrected chi connectivity index (χ3v) is 4.01. The molecule has 0 fully saturated rings. The normalized spacial score (nSPS) is 10.2. The summed E-state index contributed by atoms with van der Waals surface area (Å²) in [6, 6.07) is 10.6. The van der Waals surface area contributed by atoms with E-state index in [-0.39, 0.29) is 18.4 Å². The molecule has 0 bridgehead atoms. The van der Waals surface area contributed by atoms with E-state index in [9.17, 15) is 9.59 Å². The Labute approximate surface area is 159 Å². The summed E-state index contributed by atoms with van der Waals surface area (Å²) in [4.78, 5) is 24.4. The molecule has 0 atom stereocenters. The minimum Gasteiger partial charge on any atom is -0.490 e. The number of rotatable bonds is 8. The van der Waals surface area contributed by atoms with Gasteiger partial charge in [-0.1, -0.05) is 6.07 Å². The summed E-state index contributed by atoms with van der Waals surface area (Å²) < 4.78 is 11.0. The fourth-order valence-corrected chi connectivity index (χ4v) is 2.48. The Bertz CT molecular complexity index is 818. The molecule has 0 aliphatic rings. The highest BCUT2D eigenvalue weighted by Crippen LogP contribution is 2.28. The number of hydrogen-bond donors (Lipinski definition) is 2. The van der Waals surface area contributed by atoms with Crippen molar-refractivity contribution in [1.29, 1.82) is 0 Å². The van der Waals surface area contributed by atoms with E-state index in [2.05, 4.69) is 10.6 Å². The molecular formula is C21H26N2O4. The fourth-order valence-electron chi connectivity index (χ4n) is 2.48. The summed E-state index contributed by atoms with van der Waals surface area (Å²) in [5, 5.41) is 5.39. The minimum absolute atomic E-state index is 0.122. The zero-order chi connectivity index (χ0) is 19.8. The number of anilines is 1. The molecule has 2 aromatic carbocycles. The van der Waals surface area contributed by atoms with Crippen molar-refractivity contribution in [2.75, 3.05) is 25.1 Å². The van der Waals surface area contributed by atoms with Crippen LogP contribution in [-0.2, 0) is 4.79 Å². The minimum atomic E-state index is -0.353. The van der Waals surface area contributed by atoms with Gasteiger partial charge in [-0.15, -0.1) is 0 Å². The van der Waals surface area contributed by atoms with Gasteiger partial charge in [0.2, 0.25) is 5.91 Å². The van der Waals surface area contributed by atoms with E-state index >= 15 is 0 Å². The van der Waals surface area contributed by atoms with Crippen molar-refractivity contribution < 1.29 is 19.1 Å². The van der Waals surface area contributed by atoms with Crippen molar-refractivity contribution in [3.63, 3.8) is 0 Å². The standard InChI is InChI=1S/C21H26N2O4/c1-5-26-18-10-8-16(12-19(18)27-6-2)21(25)22-13-20(24)23-17-9-7-14(3)15(4)11-17/h7-12H,5-6,13H2,1-4H3,(H,22,25)(H,23,24). The molecule has 0 spiro atoms. The first-order chi connectivity index (χ1) is 12.9. The second kappa shape index (κ2) is 9.62. The second-order valence-corrected chi connectivity index (χ2v) is 6.06. The van der Waals surface area contributed by atoms with E-state index in [1.165, 1.54) is 0 Å². The molecule has 0 saturated carbocycles. The van der Waals surface area contributed by atoms with Gasteiger partial charge in [0, 0.05) is 11.3 Å². The van der Waals surface area contributed by atoms with E-state index in [1.807, 2.05) is 45.9 Å². The zero-order valence-electron chi connectivity index (χ0n) is 16.2. The summed E-state index contributed by atoms with van der Waals surface area (Å²) in [6.07, 6.45) is 0. The quantitative estimate of drug-likeness (QED) is 0.746. The van der Waals surface area contributed by atoms with Gasteiger partial charge in [-0.05, 0) is 69.2 Å². The molecule has 0 aliphatic carbocycles. The Morgan fingerprint density at radius 1 is 0.889 bits per heavy atom. The van der Waals surface area contributed by atoms with E-state index in [0.717, 1.165) is 11.1 Å². The molecule has 0 saturated heterocycles. The van der Waals surface area contributed by atoms with Gasteiger partial charge in [-0.2, -0.15) is 0 Å². The number of benzene rings is 2. The molecule has 27 heavy (non-hydrogen) atoms. The Hall–Kier alpha value is -3.02. The van der Waals surface area contributed by atoms with Crippen molar-refractivity contribution in [1.82, 2.24) is 5.32 Å². The Kier molecular flexibility index (Phi) is 7.23.